The Morgan fingerprint density at radius 1 is 1.29 bits per heavy atom. The van der Waals surface area contributed by atoms with Crippen LogP contribution in [0.5, 0.6) is 0 Å². The van der Waals surface area contributed by atoms with Gasteiger partial charge in [-0.15, -0.1) is 0 Å². The molecule has 1 fully saturated rings. The van der Waals surface area contributed by atoms with Crippen molar-refractivity contribution in [2.24, 2.45) is 11.8 Å². The van der Waals surface area contributed by atoms with E-state index in [2.05, 4.69) is 0 Å². The smallest absolute Gasteiger partial charge is 0.308 e. The highest BCUT2D eigenvalue weighted by atomic mass is 16.5. The van der Waals surface area contributed by atoms with Gasteiger partial charge in [-0.25, -0.2) is 0 Å². The summed E-state index contributed by atoms with van der Waals surface area (Å²) in [5, 5.41) is 10.2. The summed E-state index contributed by atoms with van der Waals surface area (Å²) >= 11 is 0. The summed E-state index contributed by atoms with van der Waals surface area (Å²) in [6.45, 7) is 3.86. The zero-order valence-electron chi connectivity index (χ0n) is 13.9. The molecule has 0 radical (unpaired) electrons. The fourth-order valence-electron chi connectivity index (χ4n) is 3.42. The highest BCUT2D eigenvalue weighted by Crippen LogP contribution is 2.28. The molecule has 0 unspecified atom stereocenters. The van der Waals surface area contributed by atoms with Crippen LogP contribution >= 0.6 is 0 Å². The molecule has 0 saturated carbocycles. The maximum absolute atomic E-state index is 13.0. The number of methoxy groups -OCH3 is 1. The largest absolute Gasteiger partial charge is 0.481 e. The van der Waals surface area contributed by atoms with Gasteiger partial charge >= 0.3 is 5.97 Å². The van der Waals surface area contributed by atoms with Crippen LogP contribution in [0.15, 0.2) is 30.5 Å². The number of carboxylic acids is 1. The maximum Gasteiger partial charge on any atom is 0.308 e. The molecular weight excluding hydrogens is 308 g/mol. The Hall–Kier alpha value is -2.34. The van der Waals surface area contributed by atoms with Crippen LogP contribution in [0.4, 0.5) is 0 Å². The summed E-state index contributed by atoms with van der Waals surface area (Å²) in [6.07, 6.45) is 1.85. The molecule has 1 saturated heterocycles. The zero-order valence-corrected chi connectivity index (χ0v) is 13.9. The van der Waals surface area contributed by atoms with Crippen molar-refractivity contribution in [3.05, 3.63) is 36.0 Å². The molecule has 2 heterocycles. The van der Waals surface area contributed by atoms with Gasteiger partial charge in [-0.1, -0.05) is 25.1 Å². The topological polar surface area (TPSA) is 71.8 Å². The lowest BCUT2D eigenvalue weighted by atomic mass is 9.99. The number of rotatable bonds is 5. The van der Waals surface area contributed by atoms with E-state index >= 15 is 0 Å². The van der Waals surface area contributed by atoms with Crippen LogP contribution in [0.2, 0.25) is 0 Å². The number of carbonyl (C=O) groups excluding carboxylic acids is 1. The minimum atomic E-state index is -0.833. The number of carbonyl (C=O) groups is 2. The van der Waals surface area contributed by atoms with E-state index in [1.807, 2.05) is 42.0 Å². The fourth-order valence-corrected chi connectivity index (χ4v) is 3.42. The first kappa shape index (κ1) is 16.5. The Morgan fingerprint density at radius 2 is 2.04 bits per heavy atom. The molecule has 1 amide bonds. The quantitative estimate of drug-likeness (QED) is 0.911. The van der Waals surface area contributed by atoms with Crippen molar-refractivity contribution < 1.29 is 19.4 Å². The number of aromatic nitrogens is 1. The molecule has 6 nitrogen and oxygen atoms in total. The molecule has 0 aliphatic carbocycles. The predicted molar refractivity (Wildman–Crippen MR) is 90.0 cm³/mol. The molecule has 1 N–H and O–H groups in total. The second-order valence-electron chi connectivity index (χ2n) is 6.38. The minimum Gasteiger partial charge on any atom is -0.481 e. The van der Waals surface area contributed by atoms with E-state index in [0.717, 1.165) is 10.9 Å². The summed E-state index contributed by atoms with van der Waals surface area (Å²) in [5.41, 5.74) is 1.61. The molecule has 1 aromatic carbocycles. The molecule has 1 aliphatic rings. The summed E-state index contributed by atoms with van der Waals surface area (Å²) < 4.78 is 7.15. The number of hydrogen-bond donors (Lipinski definition) is 1. The standard InChI is InChI=1S/C18H22N2O4/c1-12-9-20(10-14(12)18(22)23)17(21)15-11-19(7-8-24-2)16-6-4-3-5-13(15)16/h3-6,11-12,14H,7-10H2,1-2H3,(H,22,23)/t12-,14-/m1/s1. The van der Waals surface area contributed by atoms with Crippen molar-refractivity contribution in [3.63, 3.8) is 0 Å². The molecule has 0 spiro atoms. The van der Waals surface area contributed by atoms with Gasteiger partial charge in [0.1, 0.15) is 0 Å². The predicted octanol–water partition coefficient (Wildman–Crippen LogP) is 2.08. The number of ether oxygens (including phenoxy) is 1. The van der Waals surface area contributed by atoms with Crippen LogP contribution in [0.25, 0.3) is 10.9 Å². The van der Waals surface area contributed by atoms with Crippen molar-refractivity contribution in [3.8, 4) is 0 Å². The lowest BCUT2D eigenvalue weighted by molar-refractivity contribution is -0.142. The SMILES string of the molecule is COCCn1cc(C(=O)N2C[C@@H](C)[C@H](C(=O)O)C2)c2ccccc21. The Morgan fingerprint density at radius 3 is 2.71 bits per heavy atom. The average Bonchev–Trinajstić information content (AvgIpc) is 3.13. The number of aliphatic carboxylic acids is 1. The van der Waals surface area contributed by atoms with Gasteiger partial charge in [0, 0.05) is 43.8 Å². The van der Waals surface area contributed by atoms with Gasteiger partial charge in [0.05, 0.1) is 18.1 Å². The summed E-state index contributed by atoms with van der Waals surface area (Å²) in [6, 6.07) is 7.76. The summed E-state index contributed by atoms with van der Waals surface area (Å²) in [7, 11) is 1.65. The van der Waals surface area contributed by atoms with Crippen molar-refractivity contribution in [2.75, 3.05) is 26.8 Å². The third-order valence-corrected chi connectivity index (χ3v) is 4.77. The number of hydrogen-bond acceptors (Lipinski definition) is 3. The van der Waals surface area contributed by atoms with E-state index in [1.165, 1.54) is 0 Å². The van der Waals surface area contributed by atoms with Crippen LogP contribution in [0.3, 0.4) is 0 Å². The van der Waals surface area contributed by atoms with E-state index in [9.17, 15) is 14.7 Å². The summed E-state index contributed by atoms with van der Waals surface area (Å²) in [5.74, 6) is -1.46. The van der Waals surface area contributed by atoms with Gasteiger partial charge in [-0.2, -0.15) is 0 Å². The van der Waals surface area contributed by atoms with Gasteiger partial charge in [0.2, 0.25) is 0 Å². The third-order valence-electron chi connectivity index (χ3n) is 4.77. The van der Waals surface area contributed by atoms with E-state index in [-0.39, 0.29) is 18.4 Å². The van der Waals surface area contributed by atoms with Crippen molar-refractivity contribution in [2.45, 2.75) is 13.5 Å². The van der Waals surface area contributed by atoms with Gasteiger partial charge in [0.25, 0.3) is 5.91 Å². The van der Waals surface area contributed by atoms with Crippen molar-refractivity contribution >= 4 is 22.8 Å². The number of fused-ring (bicyclic) bond motifs is 1. The first-order valence-corrected chi connectivity index (χ1v) is 8.11. The lowest BCUT2D eigenvalue weighted by Gasteiger charge is -2.15. The van der Waals surface area contributed by atoms with Crippen LogP contribution in [0, 0.1) is 11.8 Å². The van der Waals surface area contributed by atoms with E-state index < -0.39 is 11.9 Å². The highest BCUT2D eigenvalue weighted by Gasteiger charge is 2.37. The van der Waals surface area contributed by atoms with Crippen LogP contribution in [-0.4, -0.2) is 53.3 Å². The molecule has 1 aromatic heterocycles. The van der Waals surface area contributed by atoms with E-state index in [0.29, 0.717) is 25.3 Å². The Bertz CT molecular complexity index is 767. The molecule has 2 atom stereocenters. The van der Waals surface area contributed by atoms with Crippen LogP contribution in [0.1, 0.15) is 17.3 Å². The number of carboxylic acid groups (broad SMARTS) is 1. The zero-order chi connectivity index (χ0) is 17.3. The maximum atomic E-state index is 13.0. The second kappa shape index (κ2) is 6.65. The molecule has 0 bridgehead atoms. The monoisotopic (exact) mass is 330 g/mol. The van der Waals surface area contributed by atoms with E-state index in [1.54, 1.807) is 12.0 Å². The van der Waals surface area contributed by atoms with Crippen molar-refractivity contribution in [1.82, 2.24) is 9.47 Å². The Kier molecular flexibility index (Phi) is 4.57. The number of nitrogens with zero attached hydrogens (tertiary/aromatic N) is 2. The van der Waals surface area contributed by atoms with Gasteiger partial charge in [0.15, 0.2) is 0 Å². The average molecular weight is 330 g/mol. The third kappa shape index (κ3) is 2.89. The first-order valence-electron chi connectivity index (χ1n) is 8.11. The number of benzene rings is 1. The van der Waals surface area contributed by atoms with Gasteiger partial charge in [-0.05, 0) is 12.0 Å². The first-order chi connectivity index (χ1) is 11.5. The Labute approximate surface area is 140 Å². The van der Waals surface area contributed by atoms with E-state index in [4.69, 9.17) is 4.74 Å². The number of likely N-dealkylation sites (tertiary alicyclic amines) is 1. The second-order valence-corrected chi connectivity index (χ2v) is 6.38. The molecule has 3 rings (SSSR count). The fraction of sp³-hybridized carbons (Fsp3) is 0.444. The summed E-state index contributed by atoms with van der Waals surface area (Å²) in [4.78, 5) is 25.9. The lowest BCUT2D eigenvalue weighted by Crippen LogP contribution is -2.29. The molecule has 24 heavy (non-hydrogen) atoms. The van der Waals surface area contributed by atoms with Gasteiger partial charge in [-0.3, -0.25) is 9.59 Å². The van der Waals surface area contributed by atoms with Gasteiger partial charge < -0.3 is 19.3 Å². The Balaban J connectivity index is 1.92. The van der Waals surface area contributed by atoms with Crippen LogP contribution in [-0.2, 0) is 16.1 Å². The number of amides is 1. The molecule has 6 heteroatoms. The van der Waals surface area contributed by atoms with Crippen LogP contribution < -0.4 is 0 Å². The molecule has 2 aromatic rings. The highest BCUT2D eigenvalue weighted by molar-refractivity contribution is 6.07. The molecule has 128 valence electrons. The number of para-hydroxylation sites is 1. The van der Waals surface area contributed by atoms with Crippen molar-refractivity contribution in [1.29, 1.82) is 0 Å². The molecule has 1 aliphatic heterocycles. The minimum absolute atomic E-state index is 0.0340. The molecular formula is C18H22N2O4. The normalized spacial score (nSPS) is 20.7.